The fraction of sp³-hybridized carbons (Fsp3) is 0.727. The summed E-state index contributed by atoms with van der Waals surface area (Å²) in [7, 11) is 1.75. The minimum Gasteiger partial charge on any atom is -0.357 e. The van der Waals surface area contributed by atoms with Gasteiger partial charge in [0.15, 0.2) is 0 Å². The van der Waals surface area contributed by atoms with Gasteiger partial charge in [-0.25, -0.2) is 0 Å². The molecule has 0 aromatic carbocycles. The highest BCUT2D eigenvalue weighted by Crippen LogP contribution is 2.15. The Bertz CT molecular complexity index is 382. The minimum absolute atomic E-state index is 0.194. The third kappa shape index (κ3) is 4.27. The number of nitrogens with one attached hydrogen (secondary N) is 2. The molecule has 0 aliphatic heterocycles. The molecule has 102 valence electrons. The Morgan fingerprint density at radius 3 is 2.33 bits per heavy atom. The van der Waals surface area contributed by atoms with E-state index in [1.165, 1.54) is 0 Å². The van der Waals surface area contributed by atoms with Crippen LogP contribution >= 0.6 is 11.6 Å². The molecule has 1 rings (SSSR count). The Kier molecular flexibility index (Phi) is 5.55. The summed E-state index contributed by atoms with van der Waals surface area (Å²) in [5.41, 5.74) is 0. The Morgan fingerprint density at radius 1 is 1.17 bits per heavy atom. The molecule has 0 spiro atoms. The molecule has 2 N–H and O–H groups in total. The molecule has 1 aromatic rings. The number of halogens is 1. The molecule has 1 heterocycles. The van der Waals surface area contributed by atoms with Crippen molar-refractivity contribution < 1.29 is 0 Å². The van der Waals surface area contributed by atoms with Crippen LogP contribution in [-0.4, -0.2) is 40.8 Å². The molecule has 0 radical (unpaired) electrons. The van der Waals surface area contributed by atoms with Gasteiger partial charge >= 0.3 is 0 Å². The molecule has 0 saturated carbocycles. The standard InChI is InChI=1S/C11H21ClN6/c1-7(2)14-6-18(8(3)4)11-16-9(12)15-10(13-5)17-11/h7-8,14H,6H2,1-5H3,(H,13,15,16,17). The van der Waals surface area contributed by atoms with Gasteiger partial charge in [-0.2, -0.15) is 15.0 Å². The summed E-state index contributed by atoms with van der Waals surface area (Å²) in [6, 6.07) is 0.659. The van der Waals surface area contributed by atoms with Crippen LogP contribution in [0.25, 0.3) is 0 Å². The van der Waals surface area contributed by atoms with Gasteiger partial charge < -0.3 is 10.2 Å². The Labute approximate surface area is 113 Å². The molecule has 0 aliphatic rings. The van der Waals surface area contributed by atoms with Gasteiger partial charge in [0, 0.05) is 19.1 Å². The van der Waals surface area contributed by atoms with Gasteiger partial charge in [-0.05, 0) is 39.3 Å². The molecule has 0 bridgehead atoms. The van der Waals surface area contributed by atoms with Gasteiger partial charge in [0.05, 0.1) is 6.67 Å². The average Bonchev–Trinajstić information content (AvgIpc) is 2.27. The molecule has 0 saturated heterocycles. The number of nitrogens with zero attached hydrogens (tertiary/aromatic N) is 4. The summed E-state index contributed by atoms with van der Waals surface area (Å²) in [6.45, 7) is 9.02. The predicted octanol–water partition coefficient (Wildman–Crippen LogP) is 1.74. The second kappa shape index (κ2) is 6.70. The highest BCUT2D eigenvalue weighted by atomic mass is 35.5. The minimum atomic E-state index is 0.194. The zero-order valence-corrected chi connectivity index (χ0v) is 12.3. The second-order valence-corrected chi connectivity index (χ2v) is 4.90. The largest absolute Gasteiger partial charge is 0.357 e. The molecule has 6 nitrogen and oxygen atoms in total. The quantitative estimate of drug-likeness (QED) is 0.769. The summed E-state index contributed by atoms with van der Waals surface area (Å²) < 4.78 is 0. The normalized spacial score (nSPS) is 11.1. The predicted molar refractivity (Wildman–Crippen MR) is 75.1 cm³/mol. The van der Waals surface area contributed by atoms with E-state index in [1.807, 2.05) is 4.90 Å². The summed E-state index contributed by atoms with van der Waals surface area (Å²) in [6.07, 6.45) is 0. The van der Waals surface area contributed by atoms with E-state index in [2.05, 4.69) is 53.3 Å². The van der Waals surface area contributed by atoms with Crippen LogP contribution in [0.3, 0.4) is 0 Å². The van der Waals surface area contributed by atoms with Gasteiger partial charge in [0.1, 0.15) is 0 Å². The van der Waals surface area contributed by atoms with Gasteiger partial charge in [0.25, 0.3) is 0 Å². The number of hydrogen-bond donors (Lipinski definition) is 2. The van der Waals surface area contributed by atoms with E-state index in [9.17, 15) is 0 Å². The smallest absolute Gasteiger partial charge is 0.232 e. The fourth-order valence-electron chi connectivity index (χ4n) is 1.35. The molecule has 1 aromatic heterocycles. The van der Waals surface area contributed by atoms with Crippen LogP contribution in [0.4, 0.5) is 11.9 Å². The zero-order valence-electron chi connectivity index (χ0n) is 11.5. The summed E-state index contributed by atoms with van der Waals surface area (Å²) in [5.74, 6) is 1.04. The van der Waals surface area contributed by atoms with Crippen molar-refractivity contribution in [1.29, 1.82) is 0 Å². The highest BCUT2D eigenvalue weighted by Gasteiger charge is 2.15. The van der Waals surface area contributed by atoms with Crippen LogP contribution in [0, 0.1) is 0 Å². The van der Waals surface area contributed by atoms with Crippen molar-refractivity contribution in [2.45, 2.75) is 39.8 Å². The SMILES string of the molecule is CNc1nc(Cl)nc(N(CNC(C)C)C(C)C)n1. The van der Waals surface area contributed by atoms with Gasteiger partial charge in [-0.1, -0.05) is 0 Å². The van der Waals surface area contributed by atoms with E-state index in [4.69, 9.17) is 11.6 Å². The first-order chi connectivity index (χ1) is 8.43. The summed E-state index contributed by atoms with van der Waals surface area (Å²) in [5, 5.41) is 6.41. The lowest BCUT2D eigenvalue weighted by Gasteiger charge is -2.28. The number of hydrogen-bond acceptors (Lipinski definition) is 6. The van der Waals surface area contributed by atoms with E-state index in [1.54, 1.807) is 7.05 Å². The fourth-order valence-corrected chi connectivity index (χ4v) is 1.50. The van der Waals surface area contributed by atoms with E-state index in [0.717, 1.165) is 0 Å². The Hall–Kier alpha value is -1.14. The first-order valence-electron chi connectivity index (χ1n) is 6.03. The van der Waals surface area contributed by atoms with Crippen LogP contribution in [0.1, 0.15) is 27.7 Å². The molecule has 0 atom stereocenters. The molecule has 0 aliphatic carbocycles. The topological polar surface area (TPSA) is 66.0 Å². The molecule has 7 heteroatoms. The van der Waals surface area contributed by atoms with Gasteiger partial charge in [-0.3, -0.25) is 5.32 Å². The van der Waals surface area contributed by atoms with Crippen molar-refractivity contribution in [3.8, 4) is 0 Å². The van der Waals surface area contributed by atoms with Gasteiger partial charge in [-0.15, -0.1) is 0 Å². The van der Waals surface area contributed by atoms with E-state index < -0.39 is 0 Å². The first-order valence-corrected chi connectivity index (χ1v) is 6.41. The van der Waals surface area contributed by atoms with Crippen molar-refractivity contribution in [3.63, 3.8) is 0 Å². The van der Waals surface area contributed by atoms with Crippen LogP contribution in [-0.2, 0) is 0 Å². The molecule has 18 heavy (non-hydrogen) atoms. The van der Waals surface area contributed by atoms with Crippen molar-refractivity contribution in [2.24, 2.45) is 0 Å². The van der Waals surface area contributed by atoms with E-state index >= 15 is 0 Å². The third-order valence-electron chi connectivity index (χ3n) is 2.37. The van der Waals surface area contributed by atoms with Crippen molar-refractivity contribution in [2.75, 3.05) is 23.9 Å². The Morgan fingerprint density at radius 2 is 1.83 bits per heavy atom. The van der Waals surface area contributed by atoms with Crippen LogP contribution in [0.2, 0.25) is 5.28 Å². The molecular formula is C11H21ClN6. The Balaban J connectivity index is 2.94. The van der Waals surface area contributed by atoms with Crippen LogP contribution in [0.5, 0.6) is 0 Å². The zero-order chi connectivity index (χ0) is 13.7. The van der Waals surface area contributed by atoms with Crippen molar-refractivity contribution >= 4 is 23.5 Å². The number of aromatic nitrogens is 3. The number of anilines is 2. The van der Waals surface area contributed by atoms with Crippen molar-refractivity contribution in [1.82, 2.24) is 20.3 Å². The molecule has 0 fully saturated rings. The van der Waals surface area contributed by atoms with E-state index in [0.29, 0.717) is 24.6 Å². The lowest BCUT2D eigenvalue weighted by molar-refractivity contribution is 0.536. The monoisotopic (exact) mass is 272 g/mol. The molecule has 0 unspecified atom stereocenters. The molecule has 0 amide bonds. The van der Waals surface area contributed by atoms with Crippen LogP contribution < -0.4 is 15.5 Å². The van der Waals surface area contributed by atoms with Gasteiger partial charge in [0.2, 0.25) is 17.2 Å². The average molecular weight is 273 g/mol. The lowest BCUT2D eigenvalue weighted by atomic mass is 10.3. The highest BCUT2D eigenvalue weighted by molar-refractivity contribution is 6.28. The van der Waals surface area contributed by atoms with Crippen LogP contribution in [0.15, 0.2) is 0 Å². The number of rotatable bonds is 6. The maximum absolute atomic E-state index is 5.89. The maximum atomic E-state index is 5.89. The van der Waals surface area contributed by atoms with Crippen molar-refractivity contribution in [3.05, 3.63) is 5.28 Å². The summed E-state index contributed by atoms with van der Waals surface area (Å²) in [4.78, 5) is 14.5. The third-order valence-corrected chi connectivity index (χ3v) is 2.54. The van der Waals surface area contributed by atoms with E-state index in [-0.39, 0.29) is 11.3 Å². The summed E-state index contributed by atoms with van der Waals surface area (Å²) >= 11 is 5.89. The molecular weight excluding hydrogens is 252 g/mol. The second-order valence-electron chi connectivity index (χ2n) is 4.56. The maximum Gasteiger partial charge on any atom is 0.232 e. The first kappa shape index (κ1) is 14.9. The lowest BCUT2D eigenvalue weighted by Crippen LogP contribution is -2.42.